The van der Waals surface area contributed by atoms with Gasteiger partial charge in [-0.25, -0.2) is 0 Å². The molecule has 1 radical (unpaired) electrons. The quantitative estimate of drug-likeness (QED) is 0.181. The van der Waals surface area contributed by atoms with Crippen LogP contribution in [0.4, 0.5) is 0 Å². The third kappa shape index (κ3) is 5.71. The molecule has 2 aliphatic carbocycles. The number of allylic oxidation sites excluding steroid dienone is 2. The Hall–Kier alpha value is -1.96. The standard InChI is InChI=1S/2C17H15.C2H7Si.2ClH.Zr/c2*1-2-13-10-15-8-9-16(12-17(15)11-13)14-6-4-3-5-7-14;1-3-2;;;/h2*3-12H,2H2,1H3;3H,1-2H3;2*1H;/q;;;;;+2/p-2. The van der Waals surface area contributed by atoms with Crippen LogP contribution in [0.25, 0.3) is 34.4 Å². The maximum Gasteiger partial charge on any atom is 0.0213 e. The van der Waals surface area contributed by atoms with Gasteiger partial charge in [-0.2, -0.15) is 0 Å². The average molecular weight is 660 g/mol. The molecule has 2 aliphatic rings. The first-order valence-corrected chi connectivity index (χ1v) is 25.8. The van der Waals surface area contributed by atoms with E-state index in [2.05, 4.69) is 136 Å². The second-order valence-corrected chi connectivity index (χ2v) is 26.5. The molecule has 0 N–H and O–H groups in total. The van der Waals surface area contributed by atoms with Crippen LogP contribution in [-0.2, 0) is 17.9 Å². The van der Waals surface area contributed by atoms with Gasteiger partial charge in [-0.1, -0.05) is 13.1 Å². The van der Waals surface area contributed by atoms with Gasteiger partial charge in [-0.05, 0) is 0 Å². The summed E-state index contributed by atoms with van der Waals surface area (Å²) in [6.07, 6.45) is 6.67. The van der Waals surface area contributed by atoms with Crippen LogP contribution in [0.1, 0.15) is 56.2 Å². The zero-order valence-electron chi connectivity index (χ0n) is 23.8. The Morgan fingerprint density at radius 1 is 0.575 bits per heavy atom. The molecule has 0 spiro atoms. The van der Waals surface area contributed by atoms with E-state index in [0.29, 0.717) is 0 Å². The second-order valence-electron chi connectivity index (χ2n) is 10.7. The molecule has 0 bridgehead atoms. The maximum atomic E-state index is 7.76. The van der Waals surface area contributed by atoms with Gasteiger partial charge in [0, 0.05) is 9.52 Å². The molecule has 4 aromatic rings. The fourth-order valence-electron chi connectivity index (χ4n) is 6.20. The van der Waals surface area contributed by atoms with Crippen molar-refractivity contribution < 1.29 is 17.9 Å². The molecular formula is C36H37Cl2SiZr. The molecule has 0 saturated carbocycles. The predicted octanol–water partition coefficient (Wildman–Crippen LogP) is 11.4. The van der Waals surface area contributed by atoms with Crippen LogP contribution in [0.2, 0.25) is 13.1 Å². The normalized spacial score (nSPS) is 17.4. The van der Waals surface area contributed by atoms with E-state index >= 15 is 0 Å². The molecule has 0 nitrogen and oxygen atoms in total. The number of halogens is 2. The summed E-state index contributed by atoms with van der Waals surface area (Å²) in [7, 11) is 16.3. The molecule has 2 atom stereocenters. The van der Waals surface area contributed by atoms with Gasteiger partial charge in [0.1, 0.15) is 0 Å². The fourth-order valence-corrected chi connectivity index (χ4v) is 20.3. The van der Waals surface area contributed by atoms with Crippen molar-refractivity contribution in [1.82, 2.24) is 0 Å². The third-order valence-electron chi connectivity index (χ3n) is 8.02. The van der Waals surface area contributed by atoms with Crippen LogP contribution < -0.4 is 0 Å². The summed E-state index contributed by atoms with van der Waals surface area (Å²) in [5.41, 5.74) is 13.0. The fraction of sp³-hybridized carbons (Fsp3) is 0.222. The summed E-state index contributed by atoms with van der Waals surface area (Å²) in [5, 5.41) is 0. The number of benzene rings is 4. The summed E-state index contributed by atoms with van der Waals surface area (Å²) in [4.78, 5) is 0. The van der Waals surface area contributed by atoms with Crippen molar-refractivity contribution >= 4 is 38.7 Å². The molecule has 0 aromatic heterocycles. The Balaban J connectivity index is 0.00000103. The molecule has 4 aromatic carbocycles. The average Bonchev–Trinajstić information content (AvgIpc) is 3.56. The molecular weight excluding hydrogens is 623 g/mol. The zero-order valence-corrected chi connectivity index (χ0v) is 28.9. The first-order valence-electron chi connectivity index (χ1n) is 14.3. The van der Waals surface area contributed by atoms with Gasteiger partial charge in [0.25, 0.3) is 0 Å². The van der Waals surface area contributed by atoms with E-state index in [-0.39, 0.29) is 7.25 Å². The Labute approximate surface area is 254 Å². The minimum absolute atomic E-state index is 0.155. The Kier molecular flexibility index (Phi) is 9.53. The van der Waals surface area contributed by atoms with Crippen molar-refractivity contribution in [3.63, 3.8) is 0 Å². The van der Waals surface area contributed by atoms with Gasteiger partial charge in [0.15, 0.2) is 0 Å². The number of hydrogen-bond donors (Lipinski definition) is 0. The molecule has 0 fully saturated rings. The molecule has 0 amide bonds. The van der Waals surface area contributed by atoms with E-state index in [0.717, 1.165) is 22.4 Å². The molecule has 0 saturated heterocycles. The minimum Gasteiger partial charge on any atom is -0.0743 e. The second kappa shape index (κ2) is 12.9. The first kappa shape index (κ1) is 29.5. The third-order valence-corrected chi connectivity index (χ3v) is 20.3. The predicted molar refractivity (Wildman–Crippen MR) is 176 cm³/mol. The van der Waals surface area contributed by atoms with Gasteiger partial charge in [-0.3, -0.25) is 0 Å². The summed E-state index contributed by atoms with van der Waals surface area (Å²) < 4.78 is 0.310. The van der Waals surface area contributed by atoms with Gasteiger partial charge in [0.05, 0.1) is 0 Å². The van der Waals surface area contributed by atoms with Crippen LogP contribution in [0.3, 0.4) is 0 Å². The van der Waals surface area contributed by atoms with E-state index in [1.807, 2.05) is 0 Å². The van der Waals surface area contributed by atoms with Crippen molar-refractivity contribution in [2.75, 3.05) is 0 Å². The molecule has 0 aliphatic heterocycles. The maximum absolute atomic E-state index is 7.76. The largest absolute Gasteiger partial charge is 0.0743 e. The van der Waals surface area contributed by atoms with E-state index < -0.39 is 17.9 Å². The first-order chi connectivity index (χ1) is 19.4. The van der Waals surface area contributed by atoms with Gasteiger partial charge >= 0.3 is 234 Å². The Morgan fingerprint density at radius 3 is 1.30 bits per heavy atom. The van der Waals surface area contributed by atoms with Crippen LogP contribution in [0.15, 0.2) is 108 Å². The molecule has 40 heavy (non-hydrogen) atoms. The van der Waals surface area contributed by atoms with Gasteiger partial charge < -0.3 is 0 Å². The van der Waals surface area contributed by atoms with Crippen LogP contribution in [0, 0.1) is 0 Å². The van der Waals surface area contributed by atoms with Crippen molar-refractivity contribution in [1.29, 1.82) is 0 Å². The summed E-state index contributed by atoms with van der Waals surface area (Å²) in [6.45, 7) is 8.90. The number of hydrogen-bond acceptors (Lipinski definition) is 0. The van der Waals surface area contributed by atoms with Crippen molar-refractivity contribution in [2.45, 2.75) is 47.0 Å². The summed E-state index contributed by atoms with van der Waals surface area (Å²) in [5.74, 6) is 0. The van der Waals surface area contributed by atoms with E-state index in [1.165, 1.54) is 55.7 Å². The molecule has 203 valence electrons. The smallest absolute Gasteiger partial charge is 0.0213 e. The van der Waals surface area contributed by atoms with Gasteiger partial charge in [-0.15, -0.1) is 0 Å². The SMILES string of the molecule is CCC1=Cc2cc(-c3ccccc3)ccc2[CH]1[Zr]([Cl])([Cl])[CH]1C(CC)=Cc2cc(-c3ccccc3)ccc21.C[SiH]C. The van der Waals surface area contributed by atoms with Crippen molar-refractivity contribution in [3.8, 4) is 22.3 Å². The Morgan fingerprint density at radius 2 is 0.950 bits per heavy atom. The van der Waals surface area contributed by atoms with Crippen LogP contribution in [0.5, 0.6) is 0 Å². The van der Waals surface area contributed by atoms with E-state index in [1.54, 1.807) is 0 Å². The molecule has 6 rings (SSSR count). The number of fused-ring (bicyclic) bond motifs is 2. The summed E-state index contributed by atoms with van der Waals surface area (Å²) >= 11 is -3.86. The van der Waals surface area contributed by atoms with Crippen LogP contribution >= 0.6 is 17.0 Å². The molecule has 2 unspecified atom stereocenters. The monoisotopic (exact) mass is 657 g/mol. The molecule has 4 heteroatoms. The van der Waals surface area contributed by atoms with Crippen molar-refractivity contribution in [2.24, 2.45) is 0 Å². The molecule has 0 heterocycles. The minimum atomic E-state index is -3.86. The zero-order chi connectivity index (χ0) is 28.3. The number of rotatable bonds is 6. The van der Waals surface area contributed by atoms with E-state index in [4.69, 9.17) is 17.0 Å². The summed E-state index contributed by atoms with van der Waals surface area (Å²) in [6, 6.07) is 34.9. The van der Waals surface area contributed by atoms with Crippen molar-refractivity contribution in [3.05, 3.63) is 130 Å². The van der Waals surface area contributed by atoms with E-state index in [9.17, 15) is 0 Å². The van der Waals surface area contributed by atoms with Gasteiger partial charge in [0.2, 0.25) is 0 Å². The van der Waals surface area contributed by atoms with Crippen LogP contribution in [-0.4, -0.2) is 9.52 Å². The Bertz CT molecular complexity index is 1430. The topological polar surface area (TPSA) is 0 Å².